The number of rotatable bonds is 3. The molecular formula is C16H24N2O3. The molecule has 1 aliphatic rings. The molecule has 5 heteroatoms. The monoisotopic (exact) mass is 292 g/mol. The number of aromatic nitrogens is 1. The van der Waals surface area contributed by atoms with Gasteiger partial charge in [0.25, 0.3) is 5.56 Å². The van der Waals surface area contributed by atoms with E-state index in [4.69, 9.17) is 5.11 Å². The van der Waals surface area contributed by atoms with Gasteiger partial charge in [0.05, 0.1) is 0 Å². The molecule has 0 spiro atoms. The number of hydrogen-bond donors (Lipinski definition) is 2. The zero-order valence-electron chi connectivity index (χ0n) is 13.0. The lowest BCUT2D eigenvalue weighted by atomic mass is 9.91. The van der Waals surface area contributed by atoms with Gasteiger partial charge in [0.1, 0.15) is 5.56 Å². The molecule has 1 unspecified atom stereocenters. The highest BCUT2D eigenvalue weighted by atomic mass is 16.4. The van der Waals surface area contributed by atoms with Crippen molar-refractivity contribution in [2.45, 2.75) is 46.1 Å². The second-order valence-corrected chi connectivity index (χ2v) is 7.00. The molecule has 1 aliphatic heterocycles. The van der Waals surface area contributed by atoms with Gasteiger partial charge in [-0.1, -0.05) is 27.2 Å². The van der Waals surface area contributed by atoms with Gasteiger partial charge in [-0.25, -0.2) is 4.79 Å². The molecule has 5 nitrogen and oxygen atoms in total. The SMILES string of the molecule is CC(C)(C)CN1CCCCC1c1ccc(C(=O)O)c(=O)[nH]1. The van der Waals surface area contributed by atoms with E-state index >= 15 is 0 Å². The molecule has 2 N–H and O–H groups in total. The Bertz CT molecular complexity index is 572. The lowest BCUT2D eigenvalue weighted by Gasteiger charge is -2.39. The summed E-state index contributed by atoms with van der Waals surface area (Å²) in [5.74, 6) is -1.18. The average molecular weight is 292 g/mol. The topological polar surface area (TPSA) is 73.4 Å². The fourth-order valence-corrected chi connectivity index (χ4v) is 2.99. The first kappa shape index (κ1) is 15.8. The highest BCUT2D eigenvalue weighted by molar-refractivity contribution is 5.87. The summed E-state index contributed by atoms with van der Waals surface area (Å²) in [6, 6.07) is 3.34. The molecule has 21 heavy (non-hydrogen) atoms. The second kappa shape index (κ2) is 6.02. The number of piperidine rings is 1. The maximum Gasteiger partial charge on any atom is 0.341 e. The number of carboxylic acid groups (broad SMARTS) is 1. The van der Waals surface area contributed by atoms with Crippen molar-refractivity contribution in [1.29, 1.82) is 0 Å². The van der Waals surface area contributed by atoms with Crippen LogP contribution in [0.3, 0.4) is 0 Å². The Morgan fingerprint density at radius 3 is 2.67 bits per heavy atom. The minimum Gasteiger partial charge on any atom is -0.477 e. The fraction of sp³-hybridized carbons (Fsp3) is 0.625. The number of likely N-dealkylation sites (tertiary alicyclic amines) is 1. The number of carboxylic acids is 1. The zero-order chi connectivity index (χ0) is 15.6. The Kier molecular flexibility index (Phi) is 4.52. The van der Waals surface area contributed by atoms with E-state index in [9.17, 15) is 9.59 Å². The van der Waals surface area contributed by atoms with Crippen LogP contribution in [0.4, 0.5) is 0 Å². The molecule has 1 aromatic rings. The van der Waals surface area contributed by atoms with E-state index in [0.717, 1.165) is 31.6 Å². The Morgan fingerprint density at radius 1 is 1.38 bits per heavy atom. The zero-order valence-corrected chi connectivity index (χ0v) is 13.0. The molecule has 0 bridgehead atoms. The van der Waals surface area contributed by atoms with Crippen LogP contribution in [-0.4, -0.2) is 34.0 Å². The molecule has 1 atom stereocenters. The van der Waals surface area contributed by atoms with Gasteiger partial charge in [0, 0.05) is 18.3 Å². The molecule has 1 fully saturated rings. The molecule has 0 aromatic carbocycles. The molecule has 0 aliphatic carbocycles. The number of hydrogen-bond acceptors (Lipinski definition) is 3. The number of carbonyl (C=O) groups is 1. The van der Waals surface area contributed by atoms with Crippen molar-refractivity contribution in [2.24, 2.45) is 5.41 Å². The highest BCUT2D eigenvalue weighted by Gasteiger charge is 2.28. The van der Waals surface area contributed by atoms with E-state index in [2.05, 4.69) is 30.7 Å². The summed E-state index contributed by atoms with van der Waals surface area (Å²) >= 11 is 0. The summed E-state index contributed by atoms with van der Waals surface area (Å²) in [4.78, 5) is 28.0. The van der Waals surface area contributed by atoms with Crippen LogP contribution in [0.25, 0.3) is 0 Å². The maximum absolute atomic E-state index is 11.9. The van der Waals surface area contributed by atoms with Crippen LogP contribution in [0.5, 0.6) is 0 Å². The average Bonchev–Trinajstić information content (AvgIpc) is 2.36. The molecule has 2 heterocycles. The Morgan fingerprint density at radius 2 is 2.10 bits per heavy atom. The number of nitrogens with one attached hydrogen (secondary N) is 1. The van der Waals surface area contributed by atoms with Crippen molar-refractivity contribution in [3.8, 4) is 0 Å². The molecule has 0 saturated carbocycles. The predicted octanol–water partition coefficient (Wildman–Crippen LogP) is 2.65. The van der Waals surface area contributed by atoms with Crippen molar-refractivity contribution >= 4 is 5.97 Å². The van der Waals surface area contributed by atoms with Crippen LogP contribution in [0.15, 0.2) is 16.9 Å². The number of nitrogens with zero attached hydrogens (tertiary/aromatic N) is 1. The first-order valence-electron chi connectivity index (χ1n) is 7.48. The van der Waals surface area contributed by atoms with E-state index < -0.39 is 11.5 Å². The van der Waals surface area contributed by atoms with Gasteiger partial charge in [-0.15, -0.1) is 0 Å². The summed E-state index contributed by atoms with van der Waals surface area (Å²) in [7, 11) is 0. The smallest absolute Gasteiger partial charge is 0.341 e. The Balaban J connectivity index is 2.27. The molecule has 0 radical (unpaired) electrons. The summed E-state index contributed by atoms with van der Waals surface area (Å²) in [5.41, 5.74) is 0.309. The Labute approximate surface area is 125 Å². The van der Waals surface area contributed by atoms with Gasteiger partial charge in [-0.3, -0.25) is 9.69 Å². The molecule has 1 aromatic heterocycles. The predicted molar refractivity (Wildman–Crippen MR) is 81.6 cm³/mol. The standard InChI is InChI=1S/C16H24N2O3/c1-16(2,3)10-18-9-5-4-6-13(18)12-8-7-11(15(20)21)14(19)17-12/h7-8,13H,4-6,9-10H2,1-3H3,(H,17,19)(H,20,21). The highest BCUT2D eigenvalue weighted by Crippen LogP contribution is 2.32. The van der Waals surface area contributed by atoms with Crippen LogP contribution in [0, 0.1) is 5.41 Å². The first-order chi connectivity index (χ1) is 9.78. The second-order valence-electron chi connectivity index (χ2n) is 7.00. The summed E-state index contributed by atoms with van der Waals surface area (Å²) in [5, 5.41) is 8.94. The van der Waals surface area contributed by atoms with Crippen LogP contribution in [-0.2, 0) is 0 Å². The van der Waals surface area contributed by atoms with Crippen molar-refractivity contribution in [1.82, 2.24) is 9.88 Å². The number of pyridine rings is 1. The maximum atomic E-state index is 11.9. The van der Waals surface area contributed by atoms with Gasteiger partial charge in [0.15, 0.2) is 0 Å². The third-order valence-corrected chi connectivity index (χ3v) is 3.81. The molecule has 0 amide bonds. The van der Waals surface area contributed by atoms with Crippen molar-refractivity contribution in [3.63, 3.8) is 0 Å². The summed E-state index contributed by atoms with van der Waals surface area (Å²) < 4.78 is 0. The lowest BCUT2D eigenvalue weighted by molar-refractivity contribution is 0.0694. The van der Waals surface area contributed by atoms with Gasteiger partial charge < -0.3 is 10.1 Å². The van der Waals surface area contributed by atoms with Gasteiger partial charge >= 0.3 is 5.97 Å². The van der Waals surface area contributed by atoms with Crippen LogP contribution in [0.1, 0.15) is 62.1 Å². The van der Waals surface area contributed by atoms with Crippen molar-refractivity contribution < 1.29 is 9.90 Å². The molecule has 116 valence electrons. The first-order valence-corrected chi connectivity index (χ1v) is 7.48. The molecular weight excluding hydrogens is 268 g/mol. The largest absolute Gasteiger partial charge is 0.477 e. The van der Waals surface area contributed by atoms with Gasteiger partial charge in [-0.2, -0.15) is 0 Å². The van der Waals surface area contributed by atoms with Crippen molar-refractivity contribution in [2.75, 3.05) is 13.1 Å². The normalized spacial score (nSPS) is 20.4. The van der Waals surface area contributed by atoms with Crippen LogP contribution >= 0.6 is 0 Å². The van der Waals surface area contributed by atoms with E-state index in [1.165, 1.54) is 12.5 Å². The van der Waals surface area contributed by atoms with E-state index in [1.807, 2.05) is 0 Å². The van der Waals surface area contributed by atoms with Crippen LogP contribution in [0.2, 0.25) is 0 Å². The van der Waals surface area contributed by atoms with Crippen LogP contribution < -0.4 is 5.56 Å². The fourth-order valence-electron chi connectivity index (χ4n) is 2.99. The Hall–Kier alpha value is -1.62. The van der Waals surface area contributed by atoms with E-state index in [-0.39, 0.29) is 17.0 Å². The third kappa shape index (κ3) is 3.94. The number of aromatic amines is 1. The molecule has 1 saturated heterocycles. The lowest BCUT2D eigenvalue weighted by Crippen LogP contribution is -2.40. The summed E-state index contributed by atoms with van der Waals surface area (Å²) in [6.45, 7) is 8.59. The van der Waals surface area contributed by atoms with E-state index in [0.29, 0.717) is 0 Å². The number of aromatic carboxylic acids is 1. The van der Waals surface area contributed by atoms with Gasteiger partial charge in [0.2, 0.25) is 0 Å². The third-order valence-electron chi connectivity index (χ3n) is 3.81. The minimum absolute atomic E-state index is 0.175. The molecule has 2 rings (SSSR count). The quantitative estimate of drug-likeness (QED) is 0.898. The number of H-pyrrole nitrogens is 1. The van der Waals surface area contributed by atoms with Crippen molar-refractivity contribution in [3.05, 3.63) is 33.7 Å². The summed E-state index contributed by atoms with van der Waals surface area (Å²) in [6.07, 6.45) is 3.30. The van der Waals surface area contributed by atoms with Gasteiger partial charge in [-0.05, 0) is 36.9 Å². The minimum atomic E-state index is -1.18. The van der Waals surface area contributed by atoms with E-state index in [1.54, 1.807) is 6.07 Å².